The molecule has 0 aliphatic carbocycles. The smallest absolute Gasteiger partial charge is 0.337 e. The van der Waals surface area contributed by atoms with Crippen LogP contribution in [0.15, 0.2) is 103 Å². The van der Waals surface area contributed by atoms with E-state index < -0.39 is 5.97 Å². The first-order chi connectivity index (χ1) is 15.7. The Morgan fingerprint density at radius 1 is 0.719 bits per heavy atom. The summed E-state index contributed by atoms with van der Waals surface area (Å²) in [5.74, 6) is -1.07. The molecule has 158 valence electrons. The lowest BCUT2D eigenvalue weighted by atomic mass is 9.99. The molecule has 4 rings (SSSR count). The molecule has 0 aromatic heterocycles. The number of para-hydroxylation sites is 1. The van der Waals surface area contributed by atoms with E-state index in [2.05, 4.69) is 12.1 Å². The molecule has 1 N–H and O–H groups in total. The van der Waals surface area contributed by atoms with E-state index in [-0.39, 0.29) is 5.56 Å². The van der Waals surface area contributed by atoms with Gasteiger partial charge in [-0.15, -0.1) is 0 Å². The second kappa shape index (κ2) is 9.75. The Labute approximate surface area is 187 Å². The molecule has 0 atom stereocenters. The van der Waals surface area contributed by atoms with Crippen molar-refractivity contribution in [3.63, 3.8) is 0 Å². The van der Waals surface area contributed by atoms with Gasteiger partial charge in [0, 0.05) is 5.56 Å². The summed E-state index contributed by atoms with van der Waals surface area (Å²) in [5.41, 5.74) is 5.07. The van der Waals surface area contributed by atoms with Crippen LogP contribution in [0.2, 0.25) is 0 Å². The molecule has 4 nitrogen and oxygen atoms in total. The van der Waals surface area contributed by atoms with Gasteiger partial charge in [-0.1, -0.05) is 84.9 Å². The topological polar surface area (TPSA) is 57.6 Å². The fourth-order valence-corrected chi connectivity index (χ4v) is 3.84. The molecule has 0 fully saturated rings. The maximum atomic E-state index is 12.3. The van der Waals surface area contributed by atoms with Crippen molar-refractivity contribution in [3.05, 3.63) is 120 Å². The van der Waals surface area contributed by atoms with Crippen molar-refractivity contribution in [1.82, 2.24) is 0 Å². The zero-order valence-electron chi connectivity index (χ0n) is 17.5. The van der Waals surface area contributed by atoms with Gasteiger partial charge in [0.25, 0.3) is 0 Å². The van der Waals surface area contributed by atoms with Gasteiger partial charge in [-0.3, -0.25) is 9.69 Å². The summed E-state index contributed by atoms with van der Waals surface area (Å²) in [6, 6.07) is 32.6. The normalized spacial score (nSPS) is 10.5. The van der Waals surface area contributed by atoms with E-state index in [9.17, 15) is 14.7 Å². The van der Waals surface area contributed by atoms with Gasteiger partial charge in [0.05, 0.1) is 16.9 Å². The van der Waals surface area contributed by atoms with Gasteiger partial charge in [0.2, 0.25) is 6.41 Å². The number of aromatic carboxylic acids is 1. The Morgan fingerprint density at radius 3 is 2.03 bits per heavy atom. The maximum absolute atomic E-state index is 12.3. The zero-order chi connectivity index (χ0) is 22.3. The van der Waals surface area contributed by atoms with Crippen LogP contribution in [-0.4, -0.2) is 17.5 Å². The highest BCUT2D eigenvalue weighted by atomic mass is 16.4. The average molecular weight is 421 g/mol. The molecule has 4 aromatic carbocycles. The van der Waals surface area contributed by atoms with Crippen LogP contribution in [0, 0.1) is 0 Å². The lowest BCUT2D eigenvalue weighted by Crippen LogP contribution is -2.19. The molecule has 0 saturated carbocycles. The van der Waals surface area contributed by atoms with Gasteiger partial charge in [0.15, 0.2) is 0 Å². The number of carboxylic acid groups (broad SMARTS) is 1. The third-order valence-corrected chi connectivity index (χ3v) is 5.45. The van der Waals surface area contributed by atoms with Crippen molar-refractivity contribution in [1.29, 1.82) is 0 Å². The number of aryl methyl sites for hydroxylation is 2. The summed E-state index contributed by atoms with van der Waals surface area (Å²) in [6.07, 6.45) is 2.25. The Balaban J connectivity index is 1.75. The number of amides is 1. The largest absolute Gasteiger partial charge is 0.478 e. The Kier molecular flexibility index (Phi) is 6.42. The zero-order valence-corrected chi connectivity index (χ0v) is 17.5. The van der Waals surface area contributed by atoms with Gasteiger partial charge in [-0.2, -0.15) is 0 Å². The number of carboxylic acids is 1. The molecule has 0 bridgehead atoms. The first-order valence-corrected chi connectivity index (χ1v) is 10.5. The number of nitrogens with zero attached hydrogens (tertiary/aromatic N) is 1. The predicted molar refractivity (Wildman–Crippen MR) is 127 cm³/mol. The lowest BCUT2D eigenvalue weighted by Gasteiger charge is -2.23. The second-order valence-electron chi connectivity index (χ2n) is 7.50. The van der Waals surface area contributed by atoms with Crippen molar-refractivity contribution in [2.45, 2.75) is 12.8 Å². The molecule has 0 radical (unpaired) electrons. The SMILES string of the molecule is O=CN(c1cc(CCc2ccccc2)ccc1C(=O)O)c1ccccc1-c1ccccc1. The van der Waals surface area contributed by atoms with Crippen LogP contribution in [0.1, 0.15) is 21.5 Å². The lowest BCUT2D eigenvalue weighted by molar-refractivity contribution is -0.106. The molecular formula is C28H23NO3. The molecule has 4 heteroatoms. The maximum Gasteiger partial charge on any atom is 0.337 e. The third-order valence-electron chi connectivity index (χ3n) is 5.45. The number of anilines is 2. The Bertz CT molecular complexity index is 1220. The van der Waals surface area contributed by atoms with Crippen LogP contribution in [0.25, 0.3) is 11.1 Å². The molecule has 0 unspecified atom stereocenters. The van der Waals surface area contributed by atoms with E-state index in [0.717, 1.165) is 29.5 Å². The summed E-state index contributed by atoms with van der Waals surface area (Å²) in [4.78, 5) is 25.7. The quantitative estimate of drug-likeness (QED) is 0.348. The van der Waals surface area contributed by atoms with Crippen molar-refractivity contribution < 1.29 is 14.7 Å². The molecule has 0 heterocycles. The highest BCUT2D eigenvalue weighted by molar-refractivity contribution is 6.02. The van der Waals surface area contributed by atoms with Gasteiger partial charge >= 0.3 is 5.97 Å². The number of carbonyl (C=O) groups excluding carboxylic acids is 1. The van der Waals surface area contributed by atoms with Crippen LogP contribution in [-0.2, 0) is 17.6 Å². The van der Waals surface area contributed by atoms with Gasteiger partial charge < -0.3 is 5.11 Å². The molecule has 32 heavy (non-hydrogen) atoms. The highest BCUT2D eigenvalue weighted by Gasteiger charge is 2.20. The summed E-state index contributed by atoms with van der Waals surface area (Å²) in [6.45, 7) is 0. The van der Waals surface area contributed by atoms with Crippen molar-refractivity contribution in [2.75, 3.05) is 4.90 Å². The molecular weight excluding hydrogens is 398 g/mol. The van der Waals surface area contributed by atoms with Crippen LogP contribution in [0.4, 0.5) is 11.4 Å². The van der Waals surface area contributed by atoms with E-state index in [1.54, 1.807) is 6.07 Å². The first-order valence-electron chi connectivity index (χ1n) is 10.5. The van der Waals surface area contributed by atoms with Gasteiger partial charge in [-0.25, -0.2) is 4.79 Å². The van der Waals surface area contributed by atoms with Crippen molar-refractivity contribution >= 4 is 23.8 Å². The summed E-state index contributed by atoms with van der Waals surface area (Å²) in [5, 5.41) is 9.80. The minimum Gasteiger partial charge on any atom is -0.478 e. The van der Waals surface area contributed by atoms with Gasteiger partial charge in [0.1, 0.15) is 0 Å². The van der Waals surface area contributed by atoms with Crippen molar-refractivity contribution in [3.8, 4) is 11.1 Å². The van der Waals surface area contributed by atoms with Crippen LogP contribution < -0.4 is 4.90 Å². The molecule has 0 saturated heterocycles. The van der Waals surface area contributed by atoms with E-state index in [1.165, 1.54) is 10.5 Å². The molecule has 0 spiro atoms. The number of hydrogen-bond donors (Lipinski definition) is 1. The number of rotatable bonds is 8. The van der Waals surface area contributed by atoms with Gasteiger partial charge in [-0.05, 0) is 47.7 Å². The van der Waals surface area contributed by atoms with E-state index in [1.807, 2.05) is 84.9 Å². The minimum atomic E-state index is -1.07. The molecule has 1 amide bonds. The minimum absolute atomic E-state index is 0.0865. The van der Waals surface area contributed by atoms with E-state index in [4.69, 9.17) is 0 Å². The standard InChI is InChI=1S/C28H23NO3/c30-20-29(26-14-8-7-13-24(26)23-11-5-2-6-12-23)27-19-22(17-18-25(27)28(31)32)16-15-21-9-3-1-4-10-21/h1-14,17-20H,15-16H2,(H,31,32). The summed E-state index contributed by atoms with van der Waals surface area (Å²) in [7, 11) is 0. The second-order valence-corrected chi connectivity index (χ2v) is 7.50. The monoisotopic (exact) mass is 421 g/mol. The van der Waals surface area contributed by atoms with Crippen molar-refractivity contribution in [2.24, 2.45) is 0 Å². The fourth-order valence-electron chi connectivity index (χ4n) is 3.84. The highest BCUT2D eigenvalue weighted by Crippen LogP contribution is 2.36. The molecule has 4 aromatic rings. The Morgan fingerprint density at radius 2 is 1.34 bits per heavy atom. The first kappa shape index (κ1) is 21.1. The average Bonchev–Trinajstić information content (AvgIpc) is 2.85. The van der Waals surface area contributed by atoms with E-state index >= 15 is 0 Å². The number of hydrogen-bond acceptors (Lipinski definition) is 2. The molecule has 0 aliphatic rings. The number of benzene rings is 4. The Hall–Kier alpha value is -4.18. The van der Waals surface area contributed by atoms with Crippen LogP contribution in [0.5, 0.6) is 0 Å². The molecule has 0 aliphatic heterocycles. The third kappa shape index (κ3) is 4.60. The van der Waals surface area contributed by atoms with Crippen LogP contribution >= 0.6 is 0 Å². The van der Waals surface area contributed by atoms with E-state index in [0.29, 0.717) is 17.8 Å². The summed E-state index contributed by atoms with van der Waals surface area (Å²) >= 11 is 0. The fraction of sp³-hybridized carbons (Fsp3) is 0.0714. The summed E-state index contributed by atoms with van der Waals surface area (Å²) < 4.78 is 0. The number of carbonyl (C=O) groups is 2. The predicted octanol–water partition coefficient (Wildman–Crippen LogP) is 6.13. The van der Waals surface area contributed by atoms with Crippen LogP contribution in [0.3, 0.4) is 0 Å².